The van der Waals surface area contributed by atoms with Gasteiger partial charge in [0.05, 0.1) is 5.01 Å². The molecule has 0 aromatic carbocycles. The number of aromatic nitrogens is 1. The van der Waals surface area contributed by atoms with Gasteiger partial charge in [-0.05, 0) is 43.9 Å². The highest BCUT2D eigenvalue weighted by Gasteiger charge is 2.31. The van der Waals surface area contributed by atoms with Gasteiger partial charge in [0, 0.05) is 10.8 Å². The van der Waals surface area contributed by atoms with Crippen LogP contribution in [0.2, 0.25) is 0 Å². The molecule has 2 nitrogen and oxygen atoms in total. The quantitative estimate of drug-likeness (QED) is 0.807. The summed E-state index contributed by atoms with van der Waals surface area (Å²) in [6.07, 6.45) is 5.25. The van der Waals surface area contributed by atoms with Crippen LogP contribution in [0.5, 0.6) is 0 Å². The zero-order chi connectivity index (χ0) is 12.6. The van der Waals surface area contributed by atoms with Gasteiger partial charge in [0.1, 0.15) is 5.82 Å². The van der Waals surface area contributed by atoms with E-state index < -0.39 is 0 Å². The number of nitrogen functional groups attached to an aromatic ring is 1. The normalized spacial score (nSPS) is 26.1. The van der Waals surface area contributed by atoms with Crippen LogP contribution in [0.4, 0.5) is 5.82 Å². The van der Waals surface area contributed by atoms with Gasteiger partial charge in [-0.2, -0.15) is 0 Å². The third kappa shape index (κ3) is 2.82. The van der Waals surface area contributed by atoms with Crippen LogP contribution in [-0.4, -0.2) is 4.98 Å². The first-order chi connectivity index (χ1) is 7.88. The standard InChI is InChI=1S/C14H24N2S/c1-9-12(15)16-13(17-9)10-5-7-11(8-6-10)14(2,3)4/h10-11H,5-8,15H2,1-4H3. The van der Waals surface area contributed by atoms with E-state index in [4.69, 9.17) is 5.73 Å². The molecule has 3 heteroatoms. The molecule has 1 aromatic heterocycles. The second-order valence-electron chi connectivity index (χ2n) is 6.41. The van der Waals surface area contributed by atoms with Gasteiger partial charge < -0.3 is 5.73 Å². The van der Waals surface area contributed by atoms with Crippen molar-refractivity contribution in [1.82, 2.24) is 4.98 Å². The van der Waals surface area contributed by atoms with Gasteiger partial charge >= 0.3 is 0 Å². The minimum atomic E-state index is 0.461. The summed E-state index contributed by atoms with van der Waals surface area (Å²) in [4.78, 5) is 5.70. The summed E-state index contributed by atoms with van der Waals surface area (Å²) in [5.74, 6) is 2.27. The number of nitrogens with two attached hydrogens (primary N) is 1. The van der Waals surface area contributed by atoms with Gasteiger partial charge in [0.2, 0.25) is 0 Å². The highest BCUT2D eigenvalue weighted by atomic mass is 32.1. The van der Waals surface area contributed by atoms with E-state index in [1.54, 1.807) is 11.3 Å². The van der Waals surface area contributed by atoms with Crippen LogP contribution in [-0.2, 0) is 0 Å². The van der Waals surface area contributed by atoms with E-state index in [2.05, 4.69) is 32.7 Å². The highest BCUT2D eigenvalue weighted by Crippen LogP contribution is 2.44. The average molecular weight is 252 g/mol. The number of hydrogen-bond donors (Lipinski definition) is 1. The Labute approximate surface area is 109 Å². The molecule has 1 fully saturated rings. The number of aryl methyl sites for hydroxylation is 1. The highest BCUT2D eigenvalue weighted by molar-refractivity contribution is 7.12. The summed E-state index contributed by atoms with van der Waals surface area (Å²) < 4.78 is 0. The fraction of sp³-hybridized carbons (Fsp3) is 0.786. The van der Waals surface area contributed by atoms with Crippen LogP contribution in [0.15, 0.2) is 0 Å². The zero-order valence-electron chi connectivity index (χ0n) is 11.4. The van der Waals surface area contributed by atoms with Gasteiger partial charge in [-0.25, -0.2) is 4.98 Å². The van der Waals surface area contributed by atoms with E-state index in [1.807, 2.05) is 0 Å². The number of hydrogen-bond acceptors (Lipinski definition) is 3. The molecule has 0 unspecified atom stereocenters. The minimum Gasteiger partial charge on any atom is -0.383 e. The van der Waals surface area contributed by atoms with Crippen molar-refractivity contribution < 1.29 is 0 Å². The third-order valence-corrected chi connectivity index (χ3v) is 5.30. The van der Waals surface area contributed by atoms with Crippen LogP contribution in [0.25, 0.3) is 0 Å². The third-order valence-electron chi connectivity index (χ3n) is 4.15. The number of rotatable bonds is 1. The first-order valence-corrected chi connectivity index (χ1v) is 7.42. The molecule has 0 amide bonds. The fourth-order valence-electron chi connectivity index (χ4n) is 2.81. The Morgan fingerprint density at radius 1 is 1.18 bits per heavy atom. The van der Waals surface area contributed by atoms with Crippen LogP contribution in [0.1, 0.15) is 62.3 Å². The van der Waals surface area contributed by atoms with Crippen LogP contribution < -0.4 is 5.73 Å². The van der Waals surface area contributed by atoms with Crippen LogP contribution >= 0.6 is 11.3 Å². The van der Waals surface area contributed by atoms with E-state index in [0.717, 1.165) is 11.7 Å². The van der Waals surface area contributed by atoms with Crippen molar-refractivity contribution in [2.24, 2.45) is 11.3 Å². The molecule has 1 saturated carbocycles. The van der Waals surface area contributed by atoms with Gasteiger partial charge in [-0.3, -0.25) is 0 Å². The molecule has 0 atom stereocenters. The van der Waals surface area contributed by atoms with Crippen LogP contribution in [0.3, 0.4) is 0 Å². The van der Waals surface area contributed by atoms with E-state index in [9.17, 15) is 0 Å². The van der Waals surface area contributed by atoms with Crippen molar-refractivity contribution in [2.45, 2.75) is 59.3 Å². The maximum absolute atomic E-state index is 5.84. The summed E-state index contributed by atoms with van der Waals surface area (Å²) in [6.45, 7) is 9.16. The smallest absolute Gasteiger partial charge is 0.137 e. The molecule has 0 radical (unpaired) electrons. The second kappa shape index (κ2) is 4.60. The largest absolute Gasteiger partial charge is 0.383 e. The lowest BCUT2D eigenvalue weighted by Gasteiger charge is -2.36. The Morgan fingerprint density at radius 2 is 1.76 bits per heavy atom. The molecule has 17 heavy (non-hydrogen) atoms. The summed E-state index contributed by atoms with van der Waals surface area (Å²) in [5, 5.41) is 1.27. The molecule has 0 aliphatic heterocycles. The number of thiazole rings is 1. The van der Waals surface area contributed by atoms with Crippen LogP contribution in [0, 0.1) is 18.3 Å². The Balaban J connectivity index is 2.00. The average Bonchev–Trinajstić information content (AvgIpc) is 2.58. The molecular weight excluding hydrogens is 228 g/mol. The molecule has 1 heterocycles. The Hall–Kier alpha value is -0.570. The summed E-state index contributed by atoms with van der Waals surface area (Å²) >= 11 is 1.79. The van der Waals surface area contributed by atoms with Gasteiger partial charge in [0.25, 0.3) is 0 Å². The van der Waals surface area contributed by atoms with Crippen molar-refractivity contribution in [1.29, 1.82) is 0 Å². The lowest BCUT2D eigenvalue weighted by atomic mass is 9.70. The van der Waals surface area contributed by atoms with Crippen molar-refractivity contribution >= 4 is 17.2 Å². The molecule has 0 spiro atoms. The topological polar surface area (TPSA) is 38.9 Å². The molecule has 2 rings (SSSR count). The van der Waals surface area contributed by atoms with Gasteiger partial charge in [-0.15, -0.1) is 11.3 Å². The molecule has 1 aromatic rings. The molecule has 96 valence electrons. The maximum atomic E-state index is 5.84. The van der Waals surface area contributed by atoms with E-state index >= 15 is 0 Å². The lowest BCUT2D eigenvalue weighted by Crippen LogP contribution is -2.25. The number of anilines is 1. The van der Waals surface area contributed by atoms with E-state index in [-0.39, 0.29) is 0 Å². The molecule has 2 N–H and O–H groups in total. The molecule has 1 aliphatic carbocycles. The Kier molecular flexibility index (Phi) is 3.48. The predicted molar refractivity (Wildman–Crippen MR) is 75.4 cm³/mol. The second-order valence-corrected chi connectivity index (χ2v) is 7.64. The zero-order valence-corrected chi connectivity index (χ0v) is 12.2. The summed E-state index contributed by atoms with van der Waals surface area (Å²) in [7, 11) is 0. The monoisotopic (exact) mass is 252 g/mol. The van der Waals surface area contributed by atoms with Crippen molar-refractivity contribution in [3.8, 4) is 0 Å². The van der Waals surface area contributed by atoms with E-state index in [1.165, 1.54) is 35.6 Å². The first-order valence-electron chi connectivity index (χ1n) is 6.60. The maximum Gasteiger partial charge on any atom is 0.137 e. The fourth-order valence-corrected chi connectivity index (χ4v) is 3.82. The minimum absolute atomic E-state index is 0.461. The Bertz CT molecular complexity index is 362. The van der Waals surface area contributed by atoms with Crippen molar-refractivity contribution in [3.63, 3.8) is 0 Å². The van der Waals surface area contributed by atoms with Crippen molar-refractivity contribution in [3.05, 3.63) is 9.88 Å². The molecule has 0 saturated heterocycles. The molecular formula is C14H24N2S. The first kappa shape index (κ1) is 12.9. The predicted octanol–water partition coefficient (Wildman–Crippen LogP) is 4.35. The lowest BCUT2D eigenvalue weighted by molar-refractivity contribution is 0.169. The summed E-state index contributed by atoms with van der Waals surface area (Å²) in [5.41, 5.74) is 6.30. The Morgan fingerprint density at radius 3 is 2.18 bits per heavy atom. The molecule has 1 aliphatic rings. The van der Waals surface area contributed by atoms with E-state index in [0.29, 0.717) is 11.3 Å². The molecule has 0 bridgehead atoms. The SMILES string of the molecule is Cc1sc(C2CCC(C(C)(C)C)CC2)nc1N. The van der Waals surface area contributed by atoms with Crippen molar-refractivity contribution in [2.75, 3.05) is 5.73 Å². The summed E-state index contributed by atoms with van der Waals surface area (Å²) in [6, 6.07) is 0. The van der Waals surface area contributed by atoms with Gasteiger partial charge in [-0.1, -0.05) is 20.8 Å². The number of nitrogens with zero attached hydrogens (tertiary/aromatic N) is 1. The van der Waals surface area contributed by atoms with Gasteiger partial charge in [0.15, 0.2) is 0 Å².